The van der Waals surface area contributed by atoms with Gasteiger partial charge in [0, 0.05) is 5.56 Å². The molecule has 1 aromatic carbocycles. The van der Waals surface area contributed by atoms with Crippen molar-refractivity contribution in [1.29, 1.82) is 0 Å². The Kier molecular flexibility index (Phi) is 5.78. The molecule has 20 heavy (non-hydrogen) atoms. The van der Waals surface area contributed by atoms with E-state index in [4.69, 9.17) is 0 Å². The second kappa shape index (κ2) is 7.58. The van der Waals surface area contributed by atoms with Crippen molar-refractivity contribution in [3.63, 3.8) is 0 Å². The second-order valence-corrected chi connectivity index (χ2v) is 5.75. The summed E-state index contributed by atoms with van der Waals surface area (Å²) >= 11 is 0. The Labute approximate surface area is 122 Å². The number of nitrogens with one attached hydrogen (secondary N) is 1. The lowest BCUT2D eigenvalue weighted by atomic mass is 9.90. The predicted octanol–water partition coefficient (Wildman–Crippen LogP) is 5.07. The molecule has 0 heterocycles. The Hall–Kier alpha value is -1.15. The van der Waals surface area contributed by atoms with E-state index in [1.54, 1.807) is 6.07 Å². The molecule has 0 radical (unpaired) electrons. The summed E-state index contributed by atoms with van der Waals surface area (Å²) in [5.74, 6) is -0.0930. The molecule has 110 valence electrons. The minimum Gasteiger partial charge on any atom is -0.307 e. The van der Waals surface area contributed by atoms with E-state index in [1.807, 2.05) is 19.1 Å². The summed E-state index contributed by atoms with van der Waals surface area (Å²) in [6, 6.07) is 5.47. The summed E-state index contributed by atoms with van der Waals surface area (Å²) in [5.41, 5.74) is 3.30. The van der Waals surface area contributed by atoms with Gasteiger partial charge in [-0.3, -0.25) is 0 Å². The highest BCUT2D eigenvalue weighted by Gasteiger charge is 2.19. The van der Waals surface area contributed by atoms with Gasteiger partial charge in [0.15, 0.2) is 0 Å². The largest absolute Gasteiger partial charge is 0.307 e. The average molecular weight is 275 g/mol. The van der Waals surface area contributed by atoms with Crippen molar-refractivity contribution in [2.24, 2.45) is 0 Å². The number of hydrogen-bond acceptors (Lipinski definition) is 1. The highest BCUT2D eigenvalue weighted by atomic mass is 19.1. The lowest BCUT2D eigenvalue weighted by Gasteiger charge is -2.24. The number of benzene rings is 1. The third-order valence-corrected chi connectivity index (χ3v) is 4.07. The first-order valence-corrected chi connectivity index (χ1v) is 7.90. The van der Waals surface area contributed by atoms with Crippen molar-refractivity contribution in [3.05, 3.63) is 46.8 Å². The number of allylic oxidation sites excluding steroid dienone is 1. The van der Waals surface area contributed by atoms with Gasteiger partial charge in [0.05, 0.1) is 6.04 Å². The molecule has 0 aliphatic heterocycles. The molecule has 1 aromatic rings. The lowest BCUT2D eigenvalue weighted by molar-refractivity contribution is 0.524. The van der Waals surface area contributed by atoms with Crippen molar-refractivity contribution in [2.45, 2.75) is 58.4 Å². The molecule has 1 N–H and O–H groups in total. The standard InChI is InChI=1S/C18H26FN/c1-3-20-18(15-9-7-5-4-6-8-10-15)16-13-14(2)11-12-17(16)19/h9,11-13,18,20H,3-8,10H2,1-2H3/b15-9+. The topological polar surface area (TPSA) is 12.0 Å². The summed E-state index contributed by atoms with van der Waals surface area (Å²) in [6.07, 6.45) is 9.67. The Balaban J connectivity index is 2.31. The summed E-state index contributed by atoms with van der Waals surface area (Å²) in [4.78, 5) is 0. The molecule has 0 spiro atoms. The smallest absolute Gasteiger partial charge is 0.128 e. The highest BCUT2D eigenvalue weighted by Crippen LogP contribution is 2.30. The monoisotopic (exact) mass is 275 g/mol. The maximum Gasteiger partial charge on any atom is 0.128 e. The van der Waals surface area contributed by atoms with Crippen LogP contribution in [0.15, 0.2) is 29.8 Å². The van der Waals surface area contributed by atoms with Crippen LogP contribution in [-0.4, -0.2) is 6.54 Å². The Bertz CT molecular complexity index is 464. The zero-order chi connectivity index (χ0) is 14.4. The van der Waals surface area contributed by atoms with Crippen LogP contribution in [-0.2, 0) is 0 Å². The van der Waals surface area contributed by atoms with Crippen molar-refractivity contribution in [3.8, 4) is 0 Å². The van der Waals surface area contributed by atoms with Gasteiger partial charge >= 0.3 is 0 Å². The van der Waals surface area contributed by atoms with Gasteiger partial charge in [-0.25, -0.2) is 4.39 Å². The van der Waals surface area contributed by atoms with Crippen molar-refractivity contribution in [2.75, 3.05) is 6.54 Å². The normalized spacial score (nSPS) is 20.6. The van der Waals surface area contributed by atoms with Gasteiger partial charge < -0.3 is 5.32 Å². The molecule has 1 nitrogen and oxygen atoms in total. The summed E-state index contributed by atoms with van der Waals surface area (Å²) in [6.45, 7) is 4.97. The van der Waals surface area contributed by atoms with E-state index in [0.29, 0.717) is 0 Å². The van der Waals surface area contributed by atoms with Crippen LogP contribution in [0.3, 0.4) is 0 Å². The molecule has 1 aliphatic carbocycles. The third kappa shape index (κ3) is 3.92. The third-order valence-electron chi connectivity index (χ3n) is 4.07. The Morgan fingerprint density at radius 3 is 2.80 bits per heavy atom. The fraction of sp³-hybridized carbons (Fsp3) is 0.556. The first-order chi connectivity index (χ1) is 9.72. The first kappa shape index (κ1) is 15.2. The lowest BCUT2D eigenvalue weighted by Crippen LogP contribution is -2.24. The van der Waals surface area contributed by atoms with E-state index < -0.39 is 0 Å². The van der Waals surface area contributed by atoms with Gasteiger partial charge in [-0.15, -0.1) is 0 Å². The van der Waals surface area contributed by atoms with Gasteiger partial charge in [-0.2, -0.15) is 0 Å². The first-order valence-electron chi connectivity index (χ1n) is 7.90. The zero-order valence-corrected chi connectivity index (χ0v) is 12.7. The zero-order valence-electron chi connectivity index (χ0n) is 12.7. The molecular formula is C18H26FN. The average Bonchev–Trinajstić information content (AvgIpc) is 2.40. The van der Waals surface area contributed by atoms with E-state index in [2.05, 4.69) is 18.3 Å². The molecule has 2 heteroatoms. The molecular weight excluding hydrogens is 249 g/mol. The van der Waals surface area contributed by atoms with Crippen molar-refractivity contribution < 1.29 is 4.39 Å². The molecule has 0 amide bonds. The highest BCUT2D eigenvalue weighted by molar-refractivity contribution is 5.33. The quantitative estimate of drug-likeness (QED) is 0.757. The van der Waals surface area contributed by atoms with E-state index in [0.717, 1.165) is 30.5 Å². The second-order valence-electron chi connectivity index (χ2n) is 5.75. The van der Waals surface area contributed by atoms with Gasteiger partial charge in [0.1, 0.15) is 5.82 Å². The van der Waals surface area contributed by atoms with Gasteiger partial charge in [-0.05, 0) is 45.2 Å². The van der Waals surface area contributed by atoms with Crippen LogP contribution in [0.25, 0.3) is 0 Å². The maximum absolute atomic E-state index is 14.2. The van der Waals surface area contributed by atoms with Crippen LogP contribution in [0.4, 0.5) is 4.39 Å². The number of aryl methyl sites for hydroxylation is 1. The van der Waals surface area contributed by atoms with Gasteiger partial charge in [0.2, 0.25) is 0 Å². The van der Waals surface area contributed by atoms with Crippen LogP contribution in [0.1, 0.15) is 62.6 Å². The number of likely N-dealkylation sites (N-methyl/N-ethyl adjacent to an activating group) is 1. The molecule has 0 fully saturated rings. The van der Waals surface area contributed by atoms with Crippen LogP contribution < -0.4 is 5.32 Å². The molecule has 0 aromatic heterocycles. The number of hydrogen-bond donors (Lipinski definition) is 1. The van der Waals surface area contributed by atoms with Crippen LogP contribution in [0, 0.1) is 12.7 Å². The fourth-order valence-electron chi connectivity index (χ4n) is 3.01. The molecule has 1 atom stereocenters. The van der Waals surface area contributed by atoms with E-state index in [1.165, 1.54) is 31.3 Å². The van der Waals surface area contributed by atoms with Crippen LogP contribution >= 0.6 is 0 Å². The SMILES string of the molecule is CCNC(/C1=C/CCCCCC1)c1cc(C)ccc1F. The molecule has 1 unspecified atom stereocenters. The fourth-order valence-corrected chi connectivity index (χ4v) is 3.01. The molecule has 1 aliphatic rings. The van der Waals surface area contributed by atoms with Crippen molar-refractivity contribution in [1.82, 2.24) is 5.32 Å². The Morgan fingerprint density at radius 1 is 1.20 bits per heavy atom. The molecule has 0 bridgehead atoms. The minimum absolute atomic E-state index is 0.0398. The van der Waals surface area contributed by atoms with E-state index in [-0.39, 0.29) is 11.9 Å². The van der Waals surface area contributed by atoms with Crippen molar-refractivity contribution >= 4 is 0 Å². The van der Waals surface area contributed by atoms with Gasteiger partial charge in [-0.1, -0.05) is 49.1 Å². The van der Waals surface area contributed by atoms with E-state index in [9.17, 15) is 4.39 Å². The number of rotatable bonds is 4. The minimum atomic E-state index is -0.0930. The van der Waals surface area contributed by atoms with Crippen LogP contribution in [0.5, 0.6) is 0 Å². The maximum atomic E-state index is 14.2. The number of halogens is 1. The predicted molar refractivity (Wildman–Crippen MR) is 83.3 cm³/mol. The summed E-state index contributed by atoms with van der Waals surface area (Å²) in [7, 11) is 0. The van der Waals surface area contributed by atoms with Crippen LogP contribution in [0.2, 0.25) is 0 Å². The Morgan fingerprint density at radius 2 is 2.00 bits per heavy atom. The molecule has 2 rings (SSSR count). The molecule has 0 saturated carbocycles. The van der Waals surface area contributed by atoms with Gasteiger partial charge in [0.25, 0.3) is 0 Å². The summed E-state index contributed by atoms with van der Waals surface area (Å²) < 4.78 is 14.2. The molecule has 0 saturated heterocycles. The summed E-state index contributed by atoms with van der Waals surface area (Å²) in [5, 5.41) is 3.48. The van der Waals surface area contributed by atoms with E-state index >= 15 is 0 Å².